The summed E-state index contributed by atoms with van der Waals surface area (Å²) in [5, 5.41) is 10.1. The van der Waals surface area contributed by atoms with Gasteiger partial charge in [-0.25, -0.2) is 4.39 Å². The number of aliphatic hydroxyl groups is 1. The van der Waals surface area contributed by atoms with Crippen molar-refractivity contribution in [2.75, 3.05) is 6.67 Å². The van der Waals surface area contributed by atoms with E-state index in [1.165, 1.54) is 6.07 Å². The molecule has 0 fully saturated rings. The van der Waals surface area contributed by atoms with E-state index >= 15 is 0 Å². The summed E-state index contributed by atoms with van der Waals surface area (Å²) in [6, 6.07) is 13.4. The van der Waals surface area contributed by atoms with Gasteiger partial charge in [0.05, 0.1) is 12.3 Å². The molecule has 0 aliphatic heterocycles. The number of rotatable bonds is 4. The van der Waals surface area contributed by atoms with Gasteiger partial charge in [0.1, 0.15) is 5.82 Å². The molecule has 0 aliphatic rings. The third-order valence-corrected chi connectivity index (χ3v) is 3.27. The second-order valence-corrected chi connectivity index (χ2v) is 4.77. The molecule has 0 heterocycles. The SMILES string of the molecule is CC(O)(CCF)c1ccc(-c2ccccc2F)cc1. The van der Waals surface area contributed by atoms with E-state index in [1.54, 1.807) is 49.4 Å². The van der Waals surface area contributed by atoms with Crippen LogP contribution in [0, 0.1) is 5.82 Å². The molecule has 0 aromatic heterocycles. The van der Waals surface area contributed by atoms with Crippen LogP contribution in [-0.2, 0) is 5.60 Å². The normalized spacial score (nSPS) is 14.1. The van der Waals surface area contributed by atoms with E-state index in [0.717, 1.165) is 5.56 Å². The van der Waals surface area contributed by atoms with Gasteiger partial charge in [0.15, 0.2) is 0 Å². The minimum absolute atomic E-state index is 0.0477. The average Bonchev–Trinajstić information content (AvgIpc) is 2.39. The molecule has 1 N–H and O–H groups in total. The first-order chi connectivity index (χ1) is 9.04. The second-order valence-electron chi connectivity index (χ2n) is 4.77. The molecule has 1 nitrogen and oxygen atoms in total. The van der Waals surface area contributed by atoms with Crippen molar-refractivity contribution in [1.29, 1.82) is 0 Å². The Morgan fingerprint density at radius 3 is 2.26 bits per heavy atom. The Hall–Kier alpha value is -1.74. The van der Waals surface area contributed by atoms with Crippen LogP contribution in [0.1, 0.15) is 18.9 Å². The fourth-order valence-electron chi connectivity index (χ4n) is 2.03. The van der Waals surface area contributed by atoms with Gasteiger partial charge in [0.2, 0.25) is 0 Å². The van der Waals surface area contributed by atoms with Gasteiger partial charge in [-0.1, -0.05) is 42.5 Å². The Morgan fingerprint density at radius 1 is 1.05 bits per heavy atom. The van der Waals surface area contributed by atoms with E-state index in [1.807, 2.05) is 0 Å². The summed E-state index contributed by atoms with van der Waals surface area (Å²) in [6.45, 7) is 0.993. The number of halogens is 2. The Balaban J connectivity index is 2.31. The Bertz CT molecular complexity index is 547. The first-order valence-corrected chi connectivity index (χ1v) is 6.18. The number of hydrogen-bond donors (Lipinski definition) is 1. The number of benzene rings is 2. The highest BCUT2D eigenvalue weighted by atomic mass is 19.1. The zero-order valence-electron chi connectivity index (χ0n) is 10.7. The van der Waals surface area contributed by atoms with Crippen molar-refractivity contribution in [3.8, 4) is 11.1 Å². The van der Waals surface area contributed by atoms with Crippen molar-refractivity contribution in [3.63, 3.8) is 0 Å². The van der Waals surface area contributed by atoms with Crippen LogP contribution in [0.15, 0.2) is 48.5 Å². The quantitative estimate of drug-likeness (QED) is 0.881. The van der Waals surface area contributed by atoms with Crippen molar-refractivity contribution in [2.45, 2.75) is 18.9 Å². The average molecular weight is 262 g/mol. The molecular formula is C16H16F2O. The molecule has 0 saturated carbocycles. The molecule has 0 aliphatic carbocycles. The molecule has 100 valence electrons. The van der Waals surface area contributed by atoms with Gasteiger partial charge in [-0.3, -0.25) is 4.39 Å². The lowest BCUT2D eigenvalue weighted by Gasteiger charge is -2.22. The van der Waals surface area contributed by atoms with Crippen LogP contribution in [0.2, 0.25) is 0 Å². The van der Waals surface area contributed by atoms with E-state index in [-0.39, 0.29) is 12.2 Å². The Morgan fingerprint density at radius 2 is 1.68 bits per heavy atom. The summed E-state index contributed by atoms with van der Waals surface area (Å²) in [6.07, 6.45) is 0.0477. The standard InChI is InChI=1S/C16H16F2O/c1-16(19,10-11-17)13-8-6-12(7-9-13)14-4-2-3-5-15(14)18/h2-9,19H,10-11H2,1H3. The number of hydrogen-bond acceptors (Lipinski definition) is 1. The summed E-state index contributed by atoms with van der Waals surface area (Å²) >= 11 is 0. The van der Waals surface area contributed by atoms with Crippen LogP contribution >= 0.6 is 0 Å². The highest BCUT2D eigenvalue weighted by Crippen LogP contribution is 2.28. The maximum atomic E-state index is 13.6. The first kappa shape index (κ1) is 13.7. The van der Waals surface area contributed by atoms with Gasteiger partial charge in [0.25, 0.3) is 0 Å². The highest BCUT2D eigenvalue weighted by Gasteiger charge is 2.22. The van der Waals surface area contributed by atoms with Gasteiger partial charge in [-0.05, 0) is 24.1 Å². The molecule has 0 bridgehead atoms. The van der Waals surface area contributed by atoms with E-state index in [2.05, 4.69) is 0 Å². The van der Waals surface area contributed by atoms with Crippen LogP contribution in [0.4, 0.5) is 8.78 Å². The molecule has 1 atom stereocenters. The lowest BCUT2D eigenvalue weighted by molar-refractivity contribution is 0.0408. The highest BCUT2D eigenvalue weighted by molar-refractivity contribution is 5.64. The smallest absolute Gasteiger partial charge is 0.131 e. The monoisotopic (exact) mass is 262 g/mol. The molecule has 19 heavy (non-hydrogen) atoms. The minimum Gasteiger partial charge on any atom is -0.385 e. The summed E-state index contributed by atoms with van der Waals surface area (Å²) in [4.78, 5) is 0. The third kappa shape index (κ3) is 2.99. The largest absolute Gasteiger partial charge is 0.385 e. The van der Waals surface area contributed by atoms with Crippen LogP contribution in [0.5, 0.6) is 0 Å². The molecule has 0 amide bonds. The van der Waals surface area contributed by atoms with Crippen LogP contribution < -0.4 is 0 Å². The zero-order chi connectivity index (χ0) is 13.9. The van der Waals surface area contributed by atoms with Crippen LogP contribution in [-0.4, -0.2) is 11.8 Å². The van der Waals surface area contributed by atoms with Gasteiger partial charge in [-0.15, -0.1) is 0 Å². The van der Waals surface area contributed by atoms with Crippen molar-refractivity contribution >= 4 is 0 Å². The van der Waals surface area contributed by atoms with Gasteiger partial charge >= 0.3 is 0 Å². The second kappa shape index (κ2) is 5.49. The lowest BCUT2D eigenvalue weighted by atomic mass is 9.91. The zero-order valence-corrected chi connectivity index (χ0v) is 10.7. The lowest BCUT2D eigenvalue weighted by Crippen LogP contribution is -2.21. The van der Waals surface area contributed by atoms with Crippen molar-refractivity contribution in [1.82, 2.24) is 0 Å². The van der Waals surface area contributed by atoms with Crippen molar-refractivity contribution in [2.24, 2.45) is 0 Å². The van der Waals surface area contributed by atoms with Crippen LogP contribution in [0.25, 0.3) is 11.1 Å². The van der Waals surface area contributed by atoms with E-state index in [9.17, 15) is 13.9 Å². The predicted octanol–water partition coefficient (Wildman–Crippen LogP) is 4.06. The predicted molar refractivity (Wildman–Crippen MR) is 72.0 cm³/mol. The topological polar surface area (TPSA) is 20.2 Å². The molecule has 0 radical (unpaired) electrons. The van der Waals surface area contributed by atoms with Gasteiger partial charge < -0.3 is 5.11 Å². The van der Waals surface area contributed by atoms with Crippen LogP contribution in [0.3, 0.4) is 0 Å². The molecule has 0 saturated heterocycles. The molecule has 2 aromatic carbocycles. The summed E-state index contributed by atoms with van der Waals surface area (Å²) in [7, 11) is 0. The van der Waals surface area contributed by atoms with Gasteiger partial charge in [0, 0.05) is 12.0 Å². The number of alkyl halides is 1. The van der Waals surface area contributed by atoms with Crippen molar-refractivity contribution < 1.29 is 13.9 Å². The van der Waals surface area contributed by atoms with E-state index in [4.69, 9.17) is 0 Å². The maximum Gasteiger partial charge on any atom is 0.131 e. The minimum atomic E-state index is -1.19. The molecule has 0 spiro atoms. The molecule has 1 unspecified atom stereocenters. The van der Waals surface area contributed by atoms with Crippen molar-refractivity contribution in [3.05, 3.63) is 59.9 Å². The molecule has 2 rings (SSSR count). The van der Waals surface area contributed by atoms with E-state index in [0.29, 0.717) is 11.1 Å². The first-order valence-electron chi connectivity index (χ1n) is 6.18. The summed E-state index contributed by atoms with van der Waals surface area (Å²) in [5.41, 5.74) is 0.685. The third-order valence-electron chi connectivity index (χ3n) is 3.27. The molecular weight excluding hydrogens is 246 g/mol. The summed E-state index contributed by atoms with van der Waals surface area (Å²) in [5.74, 6) is -0.286. The Labute approximate surface area is 111 Å². The maximum absolute atomic E-state index is 13.6. The van der Waals surface area contributed by atoms with E-state index < -0.39 is 12.3 Å². The fraction of sp³-hybridized carbons (Fsp3) is 0.250. The summed E-state index contributed by atoms with van der Waals surface area (Å²) < 4.78 is 26.0. The molecule has 3 heteroatoms. The molecule has 2 aromatic rings. The van der Waals surface area contributed by atoms with Gasteiger partial charge in [-0.2, -0.15) is 0 Å². The fourth-order valence-corrected chi connectivity index (χ4v) is 2.03. The Kier molecular flexibility index (Phi) is 3.96.